The van der Waals surface area contributed by atoms with Gasteiger partial charge >= 0.3 is 0 Å². The van der Waals surface area contributed by atoms with Crippen LogP contribution in [-0.4, -0.2) is 45.3 Å². The Morgan fingerprint density at radius 2 is 1.96 bits per heavy atom. The zero-order chi connectivity index (χ0) is 18.5. The van der Waals surface area contributed by atoms with Crippen molar-refractivity contribution in [1.29, 1.82) is 0 Å². The van der Waals surface area contributed by atoms with Crippen LogP contribution in [0.3, 0.4) is 0 Å². The van der Waals surface area contributed by atoms with E-state index < -0.39 is 0 Å². The summed E-state index contributed by atoms with van der Waals surface area (Å²) >= 11 is 0. The Bertz CT molecular complexity index is 740. The van der Waals surface area contributed by atoms with Gasteiger partial charge in [0.1, 0.15) is 12.7 Å². The third-order valence-corrected chi connectivity index (χ3v) is 5.82. The van der Waals surface area contributed by atoms with Crippen molar-refractivity contribution in [2.75, 3.05) is 19.6 Å². The summed E-state index contributed by atoms with van der Waals surface area (Å²) in [5.41, 5.74) is 2.46. The highest BCUT2D eigenvalue weighted by molar-refractivity contribution is 5.80. The van der Waals surface area contributed by atoms with Gasteiger partial charge in [-0.2, -0.15) is 5.10 Å². The van der Waals surface area contributed by atoms with E-state index in [1.165, 1.54) is 49.9 Å². The first kappa shape index (κ1) is 18.0. The first-order valence-corrected chi connectivity index (χ1v) is 10.3. The van der Waals surface area contributed by atoms with Crippen molar-refractivity contribution >= 4 is 5.96 Å². The van der Waals surface area contributed by atoms with Crippen LogP contribution in [-0.2, 0) is 13.1 Å². The van der Waals surface area contributed by atoms with Gasteiger partial charge in [-0.25, -0.2) is 14.7 Å². The second kappa shape index (κ2) is 8.55. The fourth-order valence-electron chi connectivity index (χ4n) is 4.50. The van der Waals surface area contributed by atoms with Gasteiger partial charge in [0, 0.05) is 19.6 Å². The van der Waals surface area contributed by atoms with E-state index in [1.807, 2.05) is 4.68 Å². The van der Waals surface area contributed by atoms with Gasteiger partial charge in [0.2, 0.25) is 0 Å². The van der Waals surface area contributed by atoms with Crippen LogP contribution in [0.1, 0.15) is 43.7 Å². The molecule has 1 saturated carbocycles. The highest BCUT2D eigenvalue weighted by atomic mass is 15.3. The number of aromatic nitrogens is 3. The van der Waals surface area contributed by atoms with Crippen molar-refractivity contribution < 1.29 is 0 Å². The number of benzene rings is 1. The molecule has 2 heterocycles. The molecule has 2 unspecified atom stereocenters. The largest absolute Gasteiger partial charge is 0.357 e. The first-order valence-electron chi connectivity index (χ1n) is 10.3. The average Bonchev–Trinajstić information content (AvgIpc) is 3.35. The standard InChI is InChI=1S/C21H30N6/c1-2-23-21(26-13-19-8-3-4-9-20(19)14-26)24-11-17-6-5-7-18(10-17)12-27-16-22-15-25-27/h5-7,10,15-16,19-20H,2-4,8-9,11-14H2,1H3,(H,23,24). The predicted octanol–water partition coefficient (Wildman–Crippen LogP) is 2.91. The number of fused-ring (bicyclic) bond motifs is 1. The SMILES string of the molecule is CCNC(=NCc1cccc(Cn2cncn2)c1)N1CC2CCCCC2C1. The number of likely N-dealkylation sites (tertiary alicyclic amines) is 1. The zero-order valence-corrected chi connectivity index (χ0v) is 16.2. The molecule has 1 aliphatic carbocycles. The summed E-state index contributed by atoms with van der Waals surface area (Å²) in [6.07, 6.45) is 8.92. The fraction of sp³-hybridized carbons (Fsp3) is 0.571. The molecule has 2 fully saturated rings. The number of hydrogen-bond donors (Lipinski definition) is 1. The molecule has 1 N–H and O–H groups in total. The lowest BCUT2D eigenvalue weighted by atomic mass is 9.82. The molecule has 1 saturated heterocycles. The van der Waals surface area contributed by atoms with Gasteiger partial charge in [-0.05, 0) is 42.7 Å². The van der Waals surface area contributed by atoms with E-state index in [2.05, 4.69) is 51.5 Å². The molecule has 0 amide bonds. The maximum absolute atomic E-state index is 4.96. The Kier molecular flexibility index (Phi) is 5.70. The summed E-state index contributed by atoms with van der Waals surface area (Å²) in [5.74, 6) is 2.82. The molecule has 144 valence electrons. The minimum absolute atomic E-state index is 0.708. The summed E-state index contributed by atoms with van der Waals surface area (Å²) in [6, 6.07) is 8.61. The summed E-state index contributed by atoms with van der Waals surface area (Å²) < 4.78 is 1.85. The van der Waals surface area contributed by atoms with Crippen LogP contribution >= 0.6 is 0 Å². The summed E-state index contributed by atoms with van der Waals surface area (Å²) in [4.78, 5) is 11.5. The Balaban J connectivity index is 1.43. The predicted molar refractivity (Wildman–Crippen MR) is 107 cm³/mol. The third-order valence-electron chi connectivity index (χ3n) is 5.82. The van der Waals surface area contributed by atoms with E-state index in [9.17, 15) is 0 Å². The Morgan fingerprint density at radius 3 is 2.67 bits per heavy atom. The van der Waals surface area contributed by atoms with Crippen LogP contribution in [0.4, 0.5) is 0 Å². The first-order chi connectivity index (χ1) is 13.3. The lowest BCUT2D eigenvalue weighted by molar-refractivity contribution is 0.299. The Labute approximate surface area is 161 Å². The maximum Gasteiger partial charge on any atom is 0.194 e. The van der Waals surface area contributed by atoms with Crippen molar-refractivity contribution in [2.24, 2.45) is 16.8 Å². The van der Waals surface area contributed by atoms with Gasteiger partial charge in [-0.15, -0.1) is 0 Å². The number of guanidine groups is 1. The molecule has 27 heavy (non-hydrogen) atoms. The van der Waals surface area contributed by atoms with Crippen LogP contribution in [0, 0.1) is 11.8 Å². The van der Waals surface area contributed by atoms with Crippen LogP contribution in [0.2, 0.25) is 0 Å². The van der Waals surface area contributed by atoms with Gasteiger partial charge in [0.25, 0.3) is 0 Å². The highest BCUT2D eigenvalue weighted by Gasteiger charge is 2.35. The lowest BCUT2D eigenvalue weighted by Gasteiger charge is -2.22. The van der Waals surface area contributed by atoms with E-state index in [1.54, 1.807) is 12.7 Å². The average molecular weight is 367 g/mol. The van der Waals surface area contributed by atoms with Gasteiger partial charge in [-0.1, -0.05) is 37.1 Å². The molecule has 0 spiro atoms. The van der Waals surface area contributed by atoms with Gasteiger partial charge < -0.3 is 10.2 Å². The van der Waals surface area contributed by atoms with Crippen LogP contribution < -0.4 is 5.32 Å². The Morgan fingerprint density at radius 1 is 1.19 bits per heavy atom. The highest BCUT2D eigenvalue weighted by Crippen LogP contribution is 2.35. The zero-order valence-electron chi connectivity index (χ0n) is 16.2. The summed E-state index contributed by atoms with van der Waals surface area (Å²) in [6.45, 7) is 6.85. The van der Waals surface area contributed by atoms with E-state index in [-0.39, 0.29) is 0 Å². The monoisotopic (exact) mass is 366 g/mol. The molecular weight excluding hydrogens is 336 g/mol. The molecule has 4 rings (SSSR count). The minimum Gasteiger partial charge on any atom is -0.357 e. The molecule has 2 aromatic rings. The number of nitrogens with zero attached hydrogens (tertiary/aromatic N) is 5. The molecule has 6 nitrogen and oxygen atoms in total. The second-order valence-electron chi connectivity index (χ2n) is 7.79. The summed E-state index contributed by atoms with van der Waals surface area (Å²) in [7, 11) is 0. The second-order valence-corrected chi connectivity index (χ2v) is 7.79. The fourth-order valence-corrected chi connectivity index (χ4v) is 4.50. The molecule has 6 heteroatoms. The van der Waals surface area contributed by atoms with E-state index in [0.717, 1.165) is 30.9 Å². The van der Waals surface area contributed by atoms with E-state index in [4.69, 9.17) is 4.99 Å². The topological polar surface area (TPSA) is 58.3 Å². The van der Waals surface area contributed by atoms with Gasteiger partial charge in [-0.3, -0.25) is 0 Å². The molecule has 1 aromatic heterocycles. The molecule has 1 aromatic carbocycles. The maximum atomic E-state index is 4.96. The lowest BCUT2D eigenvalue weighted by Crippen LogP contribution is -2.40. The molecular formula is C21H30N6. The summed E-state index contributed by atoms with van der Waals surface area (Å²) in [5, 5.41) is 7.70. The number of rotatable bonds is 5. The number of aliphatic imine (C=N–C) groups is 1. The van der Waals surface area contributed by atoms with Crippen molar-refractivity contribution in [3.8, 4) is 0 Å². The van der Waals surface area contributed by atoms with Gasteiger partial charge in [0.05, 0.1) is 13.1 Å². The number of nitrogens with one attached hydrogen (secondary N) is 1. The van der Waals surface area contributed by atoms with Crippen molar-refractivity contribution in [3.05, 3.63) is 48.0 Å². The smallest absolute Gasteiger partial charge is 0.194 e. The molecule has 0 radical (unpaired) electrons. The van der Waals surface area contributed by atoms with Crippen molar-refractivity contribution in [3.63, 3.8) is 0 Å². The van der Waals surface area contributed by atoms with Gasteiger partial charge in [0.15, 0.2) is 5.96 Å². The molecule has 2 atom stereocenters. The van der Waals surface area contributed by atoms with E-state index in [0.29, 0.717) is 6.54 Å². The van der Waals surface area contributed by atoms with Crippen molar-refractivity contribution in [1.82, 2.24) is 25.0 Å². The quantitative estimate of drug-likeness (QED) is 0.653. The normalized spacial score (nSPS) is 22.7. The van der Waals surface area contributed by atoms with Crippen LogP contribution in [0.5, 0.6) is 0 Å². The van der Waals surface area contributed by atoms with Crippen LogP contribution in [0.15, 0.2) is 41.9 Å². The molecule has 2 aliphatic rings. The third kappa shape index (κ3) is 4.49. The van der Waals surface area contributed by atoms with Crippen LogP contribution in [0.25, 0.3) is 0 Å². The minimum atomic E-state index is 0.708. The Hall–Kier alpha value is -2.37. The van der Waals surface area contributed by atoms with E-state index >= 15 is 0 Å². The number of hydrogen-bond acceptors (Lipinski definition) is 3. The molecule has 1 aliphatic heterocycles. The van der Waals surface area contributed by atoms with Crippen molar-refractivity contribution in [2.45, 2.75) is 45.7 Å². The molecule has 0 bridgehead atoms.